The topological polar surface area (TPSA) is 105 Å². The number of carbonyl (C=O) groups is 2. The molecule has 0 fully saturated rings. The summed E-state index contributed by atoms with van der Waals surface area (Å²) in [6.45, 7) is 16.3. The number of halogens is 1. The Morgan fingerprint density at radius 1 is 1.32 bits per heavy atom. The first-order chi connectivity index (χ1) is 12.7. The second kappa shape index (κ2) is 8.77. The van der Waals surface area contributed by atoms with E-state index >= 15 is 0 Å². The Kier molecular flexibility index (Phi) is 7.42. The third-order valence-electron chi connectivity index (χ3n) is 3.89. The van der Waals surface area contributed by atoms with E-state index in [0.29, 0.717) is 11.4 Å². The van der Waals surface area contributed by atoms with Gasteiger partial charge in [0.2, 0.25) is 5.29 Å². The van der Waals surface area contributed by atoms with Crippen LogP contribution < -0.4 is 5.32 Å². The SMILES string of the molecule is C=N/C(Cl)=N\c1c(C)cc(C(=O)O)n1[C@H](CNC(=O)OC(C)(C)C)C(C)(C)C. The van der Waals surface area contributed by atoms with Gasteiger partial charge in [0.05, 0.1) is 6.04 Å². The van der Waals surface area contributed by atoms with Crippen molar-refractivity contribution in [2.45, 2.75) is 60.1 Å². The maximum Gasteiger partial charge on any atom is 0.407 e. The molecule has 0 radical (unpaired) electrons. The van der Waals surface area contributed by atoms with Crippen LogP contribution in [0, 0.1) is 12.3 Å². The molecule has 0 saturated carbocycles. The lowest BCUT2D eigenvalue weighted by atomic mass is 9.86. The molecule has 1 aromatic heterocycles. The van der Waals surface area contributed by atoms with Crippen LogP contribution in [-0.2, 0) is 4.74 Å². The zero-order chi connectivity index (χ0) is 21.9. The van der Waals surface area contributed by atoms with Gasteiger partial charge in [0.25, 0.3) is 0 Å². The molecule has 8 nitrogen and oxygen atoms in total. The number of carboxylic acid groups (broad SMARTS) is 1. The summed E-state index contributed by atoms with van der Waals surface area (Å²) in [6, 6.07) is 1.06. The number of amides is 1. The summed E-state index contributed by atoms with van der Waals surface area (Å²) >= 11 is 5.92. The fourth-order valence-corrected chi connectivity index (χ4v) is 2.75. The van der Waals surface area contributed by atoms with Gasteiger partial charge in [-0.15, -0.1) is 0 Å². The number of carbonyl (C=O) groups excluding carboxylic acids is 1. The van der Waals surface area contributed by atoms with Crippen molar-refractivity contribution in [3.8, 4) is 0 Å². The minimum atomic E-state index is -1.11. The lowest BCUT2D eigenvalue weighted by molar-refractivity contribution is 0.0507. The van der Waals surface area contributed by atoms with Crippen molar-refractivity contribution in [2.24, 2.45) is 15.4 Å². The summed E-state index contributed by atoms with van der Waals surface area (Å²) < 4.78 is 6.84. The molecule has 9 heteroatoms. The van der Waals surface area contributed by atoms with Crippen LogP contribution in [0.5, 0.6) is 0 Å². The average molecular weight is 413 g/mol. The smallest absolute Gasteiger partial charge is 0.407 e. The number of aromatic nitrogens is 1. The Hall–Kier alpha value is -2.35. The number of carboxylic acids is 1. The van der Waals surface area contributed by atoms with Crippen molar-refractivity contribution in [1.29, 1.82) is 0 Å². The highest BCUT2D eigenvalue weighted by atomic mass is 35.5. The van der Waals surface area contributed by atoms with Crippen LogP contribution in [0.4, 0.5) is 10.6 Å². The molecule has 1 aromatic rings. The Morgan fingerprint density at radius 3 is 2.32 bits per heavy atom. The van der Waals surface area contributed by atoms with E-state index < -0.39 is 29.1 Å². The molecule has 2 N–H and O–H groups in total. The molecule has 1 heterocycles. The van der Waals surface area contributed by atoms with Gasteiger partial charge in [0.15, 0.2) is 0 Å². The number of hydrogen-bond acceptors (Lipinski definition) is 4. The van der Waals surface area contributed by atoms with Crippen LogP contribution in [-0.4, -0.2) is 45.9 Å². The van der Waals surface area contributed by atoms with E-state index in [0.717, 1.165) is 0 Å². The molecular formula is C19H29ClN4O4. The Labute approximate surface area is 170 Å². The van der Waals surface area contributed by atoms with Gasteiger partial charge in [-0.3, -0.25) is 0 Å². The molecule has 1 amide bonds. The highest BCUT2D eigenvalue weighted by molar-refractivity contribution is 6.65. The lowest BCUT2D eigenvalue weighted by Gasteiger charge is -2.34. The molecule has 0 unspecified atom stereocenters. The number of aromatic carboxylic acids is 1. The van der Waals surface area contributed by atoms with Crippen LogP contribution in [0.25, 0.3) is 0 Å². The van der Waals surface area contributed by atoms with Crippen molar-refractivity contribution in [2.75, 3.05) is 6.54 Å². The second-order valence-electron chi connectivity index (χ2n) is 8.51. The van der Waals surface area contributed by atoms with Crippen molar-refractivity contribution in [3.05, 3.63) is 17.3 Å². The van der Waals surface area contributed by atoms with Gasteiger partial charge in [-0.05, 0) is 63.1 Å². The molecule has 0 bridgehead atoms. The Morgan fingerprint density at radius 2 is 1.89 bits per heavy atom. The summed E-state index contributed by atoms with van der Waals surface area (Å²) in [5.41, 5.74) is -0.416. The summed E-state index contributed by atoms with van der Waals surface area (Å²) in [6.07, 6.45) is -0.585. The van der Waals surface area contributed by atoms with Crippen LogP contribution >= 0.6 is 11.6 Å². The van der Waals surface area contributed by atoms with Crippen LogP contribution in [0.2, 0.25) is 0 Å². The van der Waals surface area contributed by atoms with Gasteiger partial charge in [-0.25, -0.2) is 19.6 Å². The van der Waals surface area contributed by atoms with Gasteiger partial charge in [0.1, 0.15) is 17.1 Å². The van der Waals surface area contributed by atoms with Crippen LogP contribution in [0.3, 0.4) is 0 Å². The number of aliphatic imine (C=N–C) groups is 2. The maximum atomic E-state index is 12.1. The number of alkyl carbamates (subject to hydrolysis) is 1. The first-order valence-electron chi connectivity index (χ1n) is 8.80. The lowest BCUT2D eigenvalue weighted by Crippen LogP contribution is -2.40. The first kappa shape index (κ1) is 23.7. The normalized spacial score (nSPS) is 13.8. The summed E-state index contributed by atoms with van der Waals surface area (Å²) in [7, 11) is 0. The van der Waals surface area contributed by atoms with Gasteiger partial charge >= 0.3 is 12.1 Å². The van der Waals surface area contributed by atoms with E-state index in [4.69, 9.17) is 16.3 Å². The van der Waals surface area contributed by atoms with Crippen molar-refractivity contribution in [1.82, 2.24) is 9.88 Å². The Bertz CT molecular complexity index is 785. The number of rotatable bonds is 5. The number of nitrogens with zero attached hydrogens (tertiary/aromatic N) is 3. The van der Waals surface area contributed by atoms with Gasteiger partial charge < -0.3 is 19.7 Å². The zero-order valence-electron chi connectivity index (χ0n) is 17.5. The van der Waals surface area contributed by atoms with Crippen molar-refractivity contribution >= 4 is 41.5 Å². The van der Waals surface area contributed by atoms with Gasteiger partial charge in [-0.1, -0.05) is 20.8 Å². The molecule has 1 atom stereocenters. The number of nitrogens with one attached hydrogen (secondary N) is 1. The van der Waals surface area contributed by atoms with E-state index in [-0.39, 0.29) is 17.5 Å². The minimum absolute atomic E-state index is 0.0377. The number of amidine groups is 1. The molecular weight excluding hydrogens is 384 g/mol. The Balaban J connectivity index is 3.44. The molecule has 0 aromatic carbocycles. The standard InChI is InChI=1S/C19H29ClN4O4/c1-11-9-12(15(25)26)24(14(11)23-16(20)21-8)13(18(2,3)4)10-22-17(27)28-19(5,6)7/h9,13H,8,10H2,1-7H3,(H,22,27)(H,25,26)/b23-16-/t13-/m1/s1. The molecule has 0 aliphatic heterocycles. The fraction of sp³-hybridized carbons (Fsp3) is 0.579. The quantitative estimate of drug-likeness (QED) is 0.420. The zero-order valence-corrected chi connectivity index (χ0v) is 18.2. The third-order valence-corrected chi connectivity index (χ3v) is 4.10. The fourth-order valence-electron chi connectivity index (χ4n) is 2.67. The molecule has 0 aliphatic rings. The molecule has 1 rings (SSSR count). The third kappa shape index (κ3) is 6.37. The van der Waals surface area contributed by atoms with Crippen molar-refractivity contribution in [3.63, 3.8) is 0 Å². The molecule has 0 aliphatic carbocycles. The monoisotopic (exact) mass is 412 g/mol. The predicted molar refractivity (Wildman–Crippen MR) is 111 cm³/mol. The number of hydrogen-bond donors (Lipinski definition) is 2. The van der Waals surface area contributed by atoms with E-state index in [2.05, 4.69) is 22.0 Å². The highest BCUT2D eigenvalue weighted by Crippen LogP contribution is 2.37. The van der Waals surface area contributed by atoms with Crippen LogP contribution in [0.1, 0.15) is 63.6 Å². The van der Waals surface area contributed by atoms with Gasteiger partial charge in [-0.2, -0.15) is 0 Å². The van der Waals surface area contributed by atoms with Crippen molar-refractivity contribution < 1.29 is 19.4 Å². The van der Waals surface area contributed by atoms with E-state index in [9.17, 15) is 14.7 Å². The summed E-state index contributed by atoms with van der Waals surface area (Å²) in [4.78, 5) is 31.8. The summed E-state index contributed by atoms with van der Waals surface area (Å²) in [5.74, 6) is -0.764. The first-order valence-corrected chi connectivity index (χ1v) is 9.18. The van der Waals surface area contributed by atoms with Crippen LogP contribution in [0.15, 0.2) is 16.1 Å². The number of aryl methyl sites for hydroxylation is 1. The molecule has 28 heavy (non-hydrogen) atoms. The minimum Gasteiger partial charge on any atom is -0.477 e. The largest absolute Gasteiger partial charge is 0.477 e. The van der Waals surface area contributed by atoms with Gasteiger partial charge in [0, 0.05) is 6.54 Å². The highest BCUT2D eigenvalue weighted by Gasteiger charge is 2.33. The molecule has 0 saturated heterocycles. The molecule has 0 spiro atoms. The second-order valence-corrected chi connectivity index (χ2v) is 8.85. The predicted octanol–water partition coefficient (Wildman–Crippen LogP) is 4.53. The van der Waals surface area contributed by atoms with E-state index in [1.807, 2.05) is 20.8 Å². The number of ether oxygens (including phenoxy) is 1. The van der Waals surface area contributed by atoms with E-state index in [1.165, 1.54) is 6.07 Å². The molecule has 156 valence electrons. The average Bonchev–Trinajstić information content (AvgIpc) is 2.81. The maximum absolute atomic E-state index is 12.1. The summed E-state index contributed by atoms with van der Waals surface area (Å²) in [5, 5.41) is 12.3. The van der Waals surface area contributed by atoms with E-state index in [1.54, 1.807) is 32.3 Å².